The van der Waals surface area contributed by atoms with E-state index in [1.807, 2.05) is 25.7 Å². The van der Waals surface area contributed by atoms with Crippen LogP contribution < -0.4 is 0 Å². The number of carbonyl (C=O) groups excluding carboxylic acids is 1. The van der Waals surface area contributed by atoms with Crippen molar-refractivity contribution in [3.63, 3.8) is 0 Å². The molecule has 0 N–H and O–H groups in total. The van der Waals surface area contributed by atoms with E-state index in [2.05, 4.69) is 28.6 Å². The first-order chi connectivity index (χ1) is 14.7. The molecule has 0 radical (unpaired) electrons. The van der Waals surface area contributed by atoms with E-state index >= 15 is 0 Å². The number of sulfonamides is 1. The van der Waals surface area contributed by atoms with E-state index in [-0.39, 0.29) is 16.7 Å². The zero-order valence-corrected chi connectivity index (χ0v) is 19.9. The van der Waals surface area contributed by atoms with Gasteiger partial charge in [0.15, 0.2) is 0 Å². The molecule has 0 bridgehead atoms. The highest BCUT2D eigenvalue weighted by molar-refractivity contribution is 7.89. The second-order valence-corrected chi connectivity index (χ2v) is 10.3. The van der Waals surface area contributed by atoms with E-state index < -0.39 is 10.0 Å². The Bertz CT molecular complexity index is 1020. The van der Waals surface area contributed by atoms with Crippen molar-refractivity contribution in [2.45, 2.75) is 64.3 Å². The van der Waals surface area contributed by atoms with Gasteiger partial charge in [0.05, 0.1) is 4.90 Å². The van der Waals surface area contributed by atoms with Crippen molar-refractivity contribution in [3.8, 4) is 0 Å². The molecule has 31 heavy (non-hydrogen) atoms. The van der Waals surface area contributed by atoms with Gasteiger partial charge in [-0.15, -0.1) is 10.2 Å². The smallest absolute Gasteiger partial charge is 0.254 e. The Labute approximate surface area is 185 Å². The molecule has 3 rings (SSSR count). The summed E-state index contributed by atoms with van der Waals surface area (Å²) in [7, 11) is -3.61. The van der Waals surface area contributed by atoms with Crippen LogP contribution in [0.25, 0.3) is 0 Å². The van der Waals surface area contributed by atoms with Crippen LogP contribution in [-0.4, -0.2) is 64.5 Å². The second-order valence-electron chi connectivity index (χ2n) is 8.32. The number of aromatic nitrogens is 3. The van der Waals surface area contributed by atoms with Crippen molar-refractivity contribution < 1.29 is 13.2 Å². The van der Waals surface area contributed by atoms with Gasteiger partial charge in [-0.2, -0.15) is 4.31 Å². The summed E-state index contributed by atoms with van der Waals surface area (Å²) < 4.78 is 29.3. The Morgan fingerprint density at radius 1 is 1.19 bits per heavy atom. The zero-order chi connectivity index (χ0) is 22.8. The lowest BCUT2D eigenvalue weighted by Crippen LogP contribution is -2.39. The third-order valence-electron chi connectivity index (χ3n) is 6.09. The summed E-state index contributed by atoms with van der Waals surface area (Å²) in [5.41, 5.74) is 1.24. The van der Waals surface area contributed by atoms with Gasteiger partial charge in [0.2, 0.25) is 10.0 Å². The lowest BCUT2D eigenvalue weighted by molar-refractivity contribution is 0.0709. The standard InChI is InChI=1S/C22H33N5O3S/c1-6-26(7-2)31(29,30)19-9-8-17(5)20(14-19)22(28)25-12-10-18(11-13-25)21-24-23-15-27(21)16(3)4/h8-9,14-16,18H,6-7,10-13H2,1-5H3. The van der Waals surface area contributed by atoms with E-state index in [1.54, 1.807) is 18.5 Å². The summed E-state index contributed by atoms with van der Waals surface area (Å²) in [5.74, 6) is 1.13. The van der Waals surface area contributed by atoms with Gasteiger partial charge in [0, 0.05) is 43.7 Å². The molecule has 9 heteroatoms. The maximum absolute atomic E-state index is 13.3. The van der Waals surface area contributed by atoms with Crippen LogP contribution in [0.4, 0.5) is 0 Å². The molecule has 1 aromatic heterocycles. The third-order valence-corrected chi connectivity index (χ3v) is 8.13. The van der Waals surface area contributed by atoms with Gasteiger partial charge in [-0.1, -0.05) is 19.9 Å². The van der Waals surface area contributed by atoms with Gasteiger partial charge in [0.1, 0.15) is 12.2 Å². The predicted octanol–water partition coefficient (Wildman–Crippen LogP) is 3.22. The molecule has 0 aliphatic carbocycles. The van der Waals surface area contributed by atoms with Crippen LogP contribution in [0.3, 0.4) is 0 Å². The number of amides is 1. The van der Waals surface area contributed by atoms with E-state index in [9.17, 15) is 13.2 Å². The quantitative estimate of drug-likeness (QED) is 0.650. The molecule has 0 unspecified atom stereocenters. The number of aryl methyl sites for hydroxylation is 1. The van der Waals surface area contributed by atoms with Crippen LogP contribution >= 0.6 is 0 Å². The normalized spacial score (nSPS) is 15.8. The molecule has 170 valence electrons. The van der Waals surface area contributed by atoms with Crippen molar-refractivity contribution in [1.82, 2.24) is 24.0 Å². The summed E-state index contributed by atoms with van der Waals surface area (Å²) in [5, 5.41) is 8.38. The Morgan fingerprint density at radius 2 is 1.84 bits per heavy atom. The number of carbonyl (C=O) groups is 1. The fourth-order valence-electron chi connectivity index (χ4n) is 4.16. The number of piperidine rings is 1. The van der Waals surface area contributed by atoms with Gasteiger partial charge in [0.25, 0.3) is 5.91 Å². The van der Waals surface area contributed by atoms with E-state index in [1.165, 1.54) is 10.4 Å². The topological polar surface area (TPSA) is 88.4 Å². The Hall–Kier alpha value is -2.26. The molecule has 1 amide bonds. The van der Waals surface area contributed by atoms with Crippen molar-refractivity contribution in [1.29, 1.82) is 0 Å². The van der Waals surface area contributed by atoms with Gasteiger partial charge in [-0.25, -0.2) is 8.42 Å². The van der Waals surface area contributed by atoms with E-state index in [4.69, 9.17) is 0 Å². The van der Waals surface area contributed by atoms with Crippen LogP contribution in [0.2, 0.25) is 0 Å². The third kappa shape index (κ3) is 4.67. The summed E-state index contributed by atoms with van der Waals surface area (Å²) in [6.07, 6.45) is 3.39. The van der Waals surface area contributed by atoms with Gasteiger partial charge < -0.3 is 9.47 Å². The number of hydrogen-bond donors (Lipinski definition) is 0. The van der Waals surface area contributed by atoms with E-state index in [0.29, 0.717) is 37.8 Å². The average Bonchev–Trinajstić information content (AvgIpc) is 3.24. The molecule has 1 fully saturated rings. The van der Waals surface area contributed by atoms with Crippen molar-refractivity contribution in [3.05, 3.63) is 41.5 Å². The van der Waals surface area contributed by atoms with Crippen molar-refractivity contribution in [2.24, 2.45) is 0 Å². The summed E-state index contributed by atoms with van der Waals surface area (Å²) in [4.78, 5) is 15.3. The van der Waals surface area contributed by atoms with Crippen molar-refractivity contribution >= 4 is 15.9 Å². The highest BCUT2D eigenvalue weighted by Gasteiger charge is 2.29. The first kappa shape index (κ1) is 23.4. The Balaban J connectivity index is 1.77. The van der Waals surface area contributed by atoms with Crippen LogP contribution in [0.1, 0.15) is 74.2 Å². The molecule has 0 spiro atoms. The zero-order valence-electron chi connectivity index (χ0n) is 19.1. The minimum Gasteiger partial charge on any atom is -0.339 e. The van der Waals surface area contributed by atoms with Gasteiger partial charge >= 0.3 is 0 Å². The summed E-state index contributed by atoms with van der Waals surface area (Å²) in [6.45, 7) is 11.7. The number of rotatable bonds is 7. The maximum Gasteiger partial charge on any atom is 0.254 e. The first-order valence-corrected chi connectivity index (χ1v) is 12.4. The molecule has 0 saturated carbocycles. The minimum atomic E-state index is -3.61. The first-order valence-electron chi connectivity index (χ1n) is 11.0. The number of nitrogens with zero attached hydrogens (tertiary/aromatic N) is 5. The Morgan fingerprint density at radius 3 is 2.42 bits per heavy atom. The lowest BCUT2D eigenvalue weighted by Gasteiger charge is -2.32. The van der Waals surface area contributed by atoms with Crippen LogP contribution in [0.5, 0.6) is 0 Å². The van der Waals surface area contributed by atoms with Gasteiger partial charge in [-0.3, -0.25) is 4.79 Å². The lowest BCUT2D eigenvalue weighted by atomic mass is 9.95. The fourth-order valence-corrected chi connectivity index (χ4v) is 5.64. The van der Waals surface area contributed by atoms with E-state index in [0.717, 1.165) is 24.2 Å². The van der Waals surface area contributed by atoms with Gasteiger partial charge in [-0.05, 0) is 51.3 Å². The summed E-state index contributed by atoms with van der Waals surface area (Å²) in [6, 6.07) is 5.14. The molecule has 2 heterocycles. The van der Waals surface area contributed by atoms with Crippen LogP contribution in [0.15, 0.2) is 29.4 Å². The minimum absolute atomic E-state index is 0.113. The molecule has 2 aromatic rings. The fraction of sp³-hybridized carbons (Fsp3) is 0.591. The average molecular weight is 448 g/mol. The van der Waals surface area contributed by atoms with Crippen LogP contribution in [0, 0.1) is 6.92 Å². The monoisotopic (exact) mass is 447 g/mol. The van der Waals surface area contributed by atoms with Crippen molar-refractivity contribution in [2.75, 3.05) is 26.2 Å². The molecule has 8 nitrogen and oxygen atoms in total. The molecule has 1 aliphatic rings. The molecular formula is C22H33N5O3S. The second kappa shape index (κ2) is 9.48. The van der Waals surface area contributed by atoms with Crippen LogP contribution in [-0.2, 0) is 10.0 Å². The SMILES string of the molecule is CCN(CC)S(=O)(=O)c1ccc(C)c(C(=O)N2CCC(c3nncn3C(C)C)CC2)c1. The number of benzene rings is 1. The summed E-state index contributed by atoms with van der Waals surface area (Å²) >= 11 is 0. The molecule has 0 atom stereocenters. The molecule has 1 aliphatic heterocycles. The molecule has 1 aromatic carbocycles. The highest BCUT2D eigenvalue weighted by Crippen LogP contribution is 2.29. The molecule has 1 saturated heterocycles. The Kier molecular flexibility index (Phi) is 7.16. The number of likely N-dealkylation sites (tertiary alicyclic amines) is 1. The molecular weight excluding hydrogens is 414 g/mol. The largest absolute Gasteiger partial charge is 0.339 e. The number of hydrogen-bond acceptors (Lipinski definition) is 5. The predicted molar refractivity (Wildman–Crippen MR) is 120 cm³/mol. The maximum atomic E-state index is 13.3. The highest BCUT2D eigenvalue weighted by atomic mass is 32.2.